The fourth-order valence-electron chi connectivity index (χ4n) is 1.35. The molecular formula is C12H20N2O4S. The van der Waals surface area contributed by atoms with Crippen LogP contribution in [0.2, 0.25) is 0 Å². The van der Waals surface area contributed by atoms with E-state index in [1.54, 1.807) is 12.1 Å². The molecule has 6 nitrogen and oxygen atoms in total. The predicted molar refractivity (Wildman–Crippen MR) is 72.9 cm³/mol. The summed E-state index contributed by atoms with van der Waals surface area (Å²) in [6, 6.07) is 6.31. The largest absolute Gasteiger partial charge is 0.492 e. The van der Waals surface area contributed by atoms with Gasteiger partial charge in [0.15, 0.2) is 0 Å². The number of sulfonamides is 1. The van der Waals surface area contributed by atoms with Gasteiger partial charge in [-0.15, -0.1) is 0 Å². The second-order valence-electron chi connectivity index (χ2n) is 3.81. The van der Waals surface area contributed by atoms with Crippen molar-refractivity contribution in [3.63, 3.8) is 0 Å². The van der Waals surface area contributed by atoms with Crippen molar-refractivity contribution >= 4 is 10.0 Å². The van der Waals surface area contributed by atoms with Crippen molar-refractivity contribution in [3.05, 3.63) is 24.3 Å². The van der Waals surface area contributed by atoms with Gasteiger partial charge in [0.25, 0.3) is 0 Å². The first-order valence-electron chi connectivity index (χ1n) is 5.96. The summed E-state index contributed by atoms with van der Waals surface area (Å²) in [5, 5.41) is 2.96. The van der Waals surface area contributed by atoms with Crippen LogP contribution in [0.25, 0.3) is 0 Å². The number of nitrogens with one attached hydrogen (secondary N) is 2. The number of likely N-dealkylation sites (N-methyl/N-ethyl adjacent to an activating group) is 1. The van der Waals surface area contributed by atoms with Crippen molar-refractivity contribution < 1.29 is 17.9 Å². The maximum absolute atomic E-state index is 11.9. The molecule has 1 aromatic rings. The molecule has 0 spiro atoms. The quantitative estimate of drug-likeness (QED) is 0.635. The van der Waals surface area contributed by atoms with Gasteiger partial charge in [-0.05, 0) is 31.3 Å². The first-order chi connectivity index (χ1) is 9.10. The minimum absolute atomic E-state index is 0.213. The fourth-order valence-corrected chi connectivity index (χ4v) is 2.36. The van der Waals surface area contributed by atoms with Gasteiger partial charge in [-0.3, -0.25) is 0 Å². The van der Waals surface area contributed by atoms with Crippen LogP contribution >= 0.6 is 0 Å². The number of hydrogen-bond acceptors (Lipinski definition) is 5. The summed E-state index contributed by atoms with van der Waals surface area (Å²) in [5.41, 5.74) is 0. The van der Waals surface area contributed by atoms with E-state index in [0.717, 1.165) is 6.54 Å². The number of methoxy groups -OCH3 is 1. The Bertz CT molecular complexity index is 459. The molecule has 0 aliphatic heterocycles. The molecule has 7 heteroatoms. The highest BCUT2D eigenvalue weighted by Gasteiger charge is 2.12. The molecule has 0 aliphatic carbocycles. The molecule has 0 heterocycles. The first-order valence-corrected chi connectivity index (χ1v) is 7.44. The highest BCUT2D eigenvalue weighted by molar-refractivity contribution is 7.89. The molecule has 1 aromatic carbocycles. The summed E-state index contributed by atoms with van der Waals surface area (Å²) < 4.78 is 36.4. The minimum Gasteiger partial charge on any atom is -0.492 e. The summed E-state index contributed by atoms with van der Waals surface area (Å²) >= 11 is 0. The minimum atomic E-state index is -3.47. The van der Waals surface area contributed by atoms with Crippen molar-refractivity contribution in [3.8, 4) is 5.75 Å². The highest BCUT2D eigenvalue weighted by Crippen LogP contribution is 2.15. The Morgan fingerprint density at radius 3 is 2.37 bits per heavy atom. The van der Waals surface area contributed by atoms with E-state index in [2.05, 4.69) is 10.0 Å². The molecule has 0 fully saturated rings. The standard InChI is InChI=1S/C12H20N2O4S/c1-13-7-10-18-11-3-5-12(6-4-11)19(15,16)14-8-9-17-2/h3-6,13-14H,7-10H2,1-2H3. The lowest BCUT2D eigenvalue weighted by molar-refractivity contribution is 0.204. The Morgan fingerprint density at radius 2 is 1.79 bits per heavy atom. The fraction of sp³-hybridized carbons (Fsp3) is 0.500. The topological polar surface area (TPSA) is 76.7 Å². The van der Waals surface area contributed by atoms with Crippen LogP contribution in [-0.4, -0.2) is 48.9 Å². The summed E-state index contributed by atoms with van der Waals surface area (Å²) in [7, 11) is -0.115. The van der Waals surface area contributed by atoms with Crippen LogP contribution < -0.4 is 14.8 Å². The molecule has 0 amide bonds. The van der Waals surface area contributed by atoms with Crippen LogP contribution in [0.1, 0.15) is 0 Å². The molecule has 0 radical (unpaired) electrons. The normalized spacial score (nSPS) is 11.5. The highest BCUT2D eigenvalue weighted by atomic mass is 32.2. The lowest BCUT2D eigenvalue weighted by Crippen LogP contribution is -2.27. The molecule has 0 aromatic heterocycles. The van der Waals surface area contributed by atoms with Crippen LogP contribution in [-0.2, 0) is 14.8 Å². The average molecular weight is 288 g/mol. The van der Waals surface area contributed by atoms with E-state index in [1.165, 1.54) is 19.2 Å². The van der Waals surface area contributed by atoms with E-state index in [1.807, 2.05) is 7.05 Å². The zero-order valence-corrected chi connectivity index (χ0v) is 12.0. The van der Waals surface area contributed by atoms with E-state index < -0.39 is 10.0 Å². The van der Waals surface area contributed by atoms with E-state index >= 15 is 0 Å². The predicted octanol–water partition coefficient (Wildman–Crippen LogP) is 0.210. The Labute approximate surface area is 114 Å². The van der Waals surface area contributed by atoms with Gasteiger partial charge in [-0.1, -0.05) is 0 Å². The van der Waals surface area contributed by atoms with Crippen molar-refractivity contribution in [2.45, 2.75) is 4.90 Å². The van der Waals surface area contributed by atoms with E-state index in [-0.39, 0.29) is 11.4 Å². The van der Waals surface area contributed by atoms with Gasteiger partial charge < -0.3 is 14.8 Å². The molecule has 0 saturated heterocycles. The van der Waals surface area contributed by atoms with Crippen LogP contribution in [0.3, 0.4) is 0 Å². The van der Waals surface area contributed by atoms with Crippen molar-refractivity contribution in [2.24, 2.45) is 0 Å². The number of rotatable bonds is 9. The third kappa shape index (κ3) is 5.56. The molecule has 108 valence electrons. The molecule has 19 heavy (non-hydrogen) atoms. The van der Waals surface area contributed by atoms with Gasteiger partial charge in [-0.2, -0.15) is 0 Å². The SMILES string of the molecule is CNCCOc1ccc(S(=O)(=O)NCCOC)cc1. The van der Waals surface area contributed by atoms with Crippen LogP contribution in [0.4, 0.5) is 0 Å². The Kier molecular flexibility index (Phi) is 6.79. The van der Waals surface area contributed by atoms with E-state index in [0.29, 0.717) is 19.0 Å². The zero-order chi connectivity index (χ0) is 14.1. The Hall–Kier alpha value is -1.15. The molecule has 1 rings (SSSR count). The Balaban J connectivity index is 2.59. The molecule has 0 aliphatic rings. The van der Waals surface area contributed by atoms with E-state index in [9.17, 15) is 8.42 Å². The zero-order valence-electron chi connectivity index (χ0n) is 11.2. The third-order valence-electron chi connectivity index (χ3n) is 2.35. The first kappa shape index (κ1) is 15.9. The molecule has 0 bridgehead atoms. The van der Waals surface area contributed by atoms with Gasteiger partial charge in [-0.25, -0.2) is 13.1 Å². The summed E-state index contributed by atoms with van der Waals surface area (Å²) in [6.45, 7) is 1.86. The van der Waals surface area contributed by atoms with Gasteiger partial charge in [0.2, 0.25) is 10.0 Å². The molecule has 0 saturated carbocycles. The van der Waals surface area contributed by atoms with Crippen LogP contribution in [0, 0.1) is 0 Å². The summed E-state index contributed by atoms with van der Waals surface area (Å²) in [6.07, 6.45) is 0. The summed E-state index contributed by atoms with van der Waals surface area (Å²) in [5.74, 6) is 0.645. The van der Waals surface area contributed by atoms with Gasteiger partial charge in [0.05, 0.1) is 11.5 Å². The maximum Gasteiger partial charge on any atom is 0.240 e. The van der Waals surface area contributed by atoms with Gasteiger partial charge >= 0.3 is 0 Å². The number of hydrogen-bond donors (Lipinski definition) is 2. The second-order valence-corrected chi connectivity index (χ2v) is 5.58. The number of benzene rings is 1. The molecular weight excluding hydrogens is 268 g/mol. The van der Waals surface area contributed by atoms with Crippen molar-refractivity contribution in [1.29, 1.82) is 0 Å². The lowest BCUT2D eigenvalue weighted by atomic mass is 10.3. The Morgan fingerprint density at radius 1 is 1.11 bits per heavy atom. The maximum atomic E-state index is 11.9. The molecule has 0 atom stereocenters. The average Bonchev–Trinajstić information content (AvgIpc) is 2.40. The lowest BCUT2D eigenvalue weighted by Gasteiger charge is -2.08. The van der Waals surface area contributed by atoms with Crippen molar-refractivity contribution in [2.75, 3.05) is 40.5 Å². The number of ether oxygens (including phenoxy) is 2. The molecule has 0 unspecified atom stereocenters. The van der Waals surface area contributed by atoms with Crippen LogP contribution in [0.5, 0.6) is 5.75 Å². The monoisotopic (exact) mass is 288 g/mol. The third-order valence-corrected chi connectivity index (χ3v) is 3.83. The van der Waals surface area contributed by atoms with Crippen LogP contribution in [0.15, 0.2) is 29.2 Å². The van der Waals surface area contributed by atoms with Crippen molar-refractivity contribution in [1.82, 2.24) is 10.0 Å². The summed E-state index contributed by atoms with van der Waals surface area (Å²) in [4.78, 5) is 0.213. The van der Waals surface area contributed by atoms with E-state index in [4.69, 9.17) is 9.47 Å². The van der Waals surface area contributed by atoms with Gasteiger partial charge in [0, 0.05) is 20.2 Å². The second kappa shape index (κ2) is 8.11. The molecule has 2 N–H and O–H groups in total. The smallest absolute Gasteiger partial charge is 0.240 e. The van der Waals surface area contributed by atoms with Gasteiger partial charge in [0.1, 0.15) is 12.4 Å².